The van der Waals surface area contributed by atoms with Crippen LogP contribution in [0.2, 0.25) is 0 Å². The van der Waals surface area contributed by atoms with Crippen LogP contribution in [-0.2, 0) is 11.2 Å². The van der Waals surface area contributed by atoms with Gasteiger partial charge >= 0.3 is 0 Å². The Morgan fingerprint density at radius 2 is 1.83 bits per heavy atom. The van der Waals surface area contributed by atoms with Gasteiger partial charge in [-0.1, -0.05) is 6.07 Å². The van der Waals surface area contributed by atoms with Crippen molar-refractivity contribution in [3.63, 3.8) is 0 Å². The number of phenolic OH excluding ortho intramolecular Hbond substituents is 2. The van der Waals surface area contributed by atoms with Crippen LogP contribution >= 0.6 is 0 Å². The molecule has 0 aliphatic rings. The van der Waals surface area contributed by atoms with Crippen molar-refractivity contribution in [2.24, 2.45) is 5.73 Å². The number of non-ortho nitro benzene ring substituents is 1. The first-order chi connectivity index (χ1) is 11.2. The maximum absolute atomic E-state index is 12.3. The molecule has 0 aromatic heterocycles. The molecule has 0 saturated carbocycles. The van der Waals surface area contributed by atoms with E-state index in [1.165, 1.54) is 43.3 Å². The van der Waals surface area contributed by atoms with E-state index in [-0.39, 0.29) is 23.6 Å². The van der Waals surface area contributed by atoms with Crippen LogP contribution in [0.1, 0.15) is 12.5 Å². The van der Waals surface area contributed by atoms with Crippen LogP contribution < -0.4 is 11.1 Å². The van der Waals surface area contributed by atoms with Crippen molar-refractivity contribution in [2.45, 2.75) is 18.9 Å². The number of nitrogens with two attached hydrogens (primary N) is 1. The molecule has 8 heteroatoms. The molecule has 0 fully saturated rings. The number of nitro groups is 1. The van der Waals surface area contributed by atoms with Gasteiger partial charge < -0.3 is 21.3 Å². The number of hydrogen-bond donors (Lipinski definition) is 4. The van der Waals surface area contributed by atoms with E-state index in [0.29, 0.717) is 11.3 Å². The van der Waals surface area contributed by atoms with Crippen molar-refractivity contribution >= 4 is 17.3 Å². The van der Waals surface area contributed by atoms with Gasteiger partial charge in [-0.25, -0.2) is 0 Å². The molecule has 5 N–H and O–H groups in total. The molecular formula is C16H17N3O5. The molecule has 0 bridgehead atoms. The lowest BCUT2D eigenvalue weighted by Gasteiger charge is -2.23. The molecule has 0 spiro atoms. The Kier molecular flexibility index (Phi) is 4.70. The van der Waals surface area contributed by atoms with Crippen LogP contribution in [-0.4, -0.2) is 26.6 Å². The number of amides is 1. The predicted octanol–water partition coefficient (Wildman–Crippen LogP) is 1.90. The first-order valence-electron chi connectivity index (χ1n) is 7.05. The van der Waals surface area contributed by atoms with E-state index >= 15 is 0 Å². The molecule has 126 valence electrons. The standard InChI is InChI=1S/C16H17N3O5/c1-16(17,9-10-2-7-13(20)14(21)8-10)15(22)18-11-3-5-12(6-4-11)19(23)24/h2-8,20-21H,9,17H2,1H3,(H,18,22)/t16-/m1/s1. The lowest BCUT2D eigenvalue weighted by molar-refractivity contribution is -0.384. The zero-order valence-electron chi connectivity index (χ0n) is 12.9. The molecule has 0 radical (unpaired) electrons. The molecule has 1 amide bonds. The molecule has 0 aliphatic heterocycles. The lowest BCUT2D eigenvalue weighted by atomic mass is 9.92. The number of rotatable bonds is 5. The zero-order valence-corrected chi connectivity index (χ0v) is 12.9. The minimum atomic E-state index is -1.29. The molecule has 2 aromatic carbocycles. The monoisotopic (exact) mass is 331 g/mol. The van der Waals surface area contributed by atoms with Crippen LogP contribution in [0.3, 0.4) is 0 Å². The summed E-state index contributed by atoms with van der Waals surface area (Å²) in [5.41, 5.74) is 5.64. The summed E-state index contributed by atoms with van der Waals surface area (Å²) in [5.74, 6) is -1.03. The maximum atomic E-state index is 12.3. The number of benzene rings is 2. The van der Waals surface area contributed by atoms with Crippen molar-refractivity contribution in [3.8, 4) is 11.5 Å². The fourth-order valence-corrected chi connectivity index (χ4v) is 2.12. The van der Waals surface area contributed by atoms with E-state index < -0.39 is 16.4 Å². The fourth-order valence-electron chi connectivity index (χ4n) is 2.12. The minimum absolute atomic E-state index is 0.0805. The number of nitro benzene ring substituents is 1. The summed E-state index contributed by atoms with van der Waals surface area (Å²) in [7, 11) is 0. The number of anilines is 1. The zero-order chi connectivity index (χ0) is 17.9. The smallest absolute Gasteiger partial charge is 0.269 e. The SMILES string of the molecule is C[C@@](N)(Cc1ccc(O)c(O)c1)C(=O)Nc1ccc([N+](=O)[O-])cc1. The van der Waals surface area contributed by atoms with Gasteiger partial charge in [-0.05, 0) is 43.2 Å². The van der Waals surface area contributed by atoms with Gasteiger partial charge in [0.1, 0.15) is 0 Å². The van der Waals surface area contributed by atoms with Crippen LogP contribution in [0.15, 0.2) is 42.5 Å². The number of carbonyl (C=O) groups is 1. The average Bonchev–Trinajstić information content (AvgIpc) is 2.51. The summed E-state index contributed by atoms with van der Waals surface area (Å²) in [4.78, 5) is 22.4. The number of nitrogens with zero attached hydrogens (tertiary/aromatic N) is 1. The maximum Gasteiger partial charge on any atom is 0.269 e. The third kappa shape index (κ3) is 3.99. The quantitative estimate of drug-likeness (QED) is 0.375. The van der Waals surface area contributed by atoms with E-state index in [1.54, 1.807) is 6.07 Å². The number of aromatic hydroxyl groups is 2. The Bertz CT molecular complexity index is 772. The molecule has 24 heavy (non-hydrogen) atoms. The van der Waals surface area contributed by atoms with Crippen LogP contribution in [0.25, 0.3) is 0 Å². The Morgan fingerprint density at radius 1 is 1.21 bits per heavy atom. The Labute approximate surface area is 137 Å². The fraction of sp³-hybridized carbons (Fsp3) is 0.188. The van der Waals surface area contributed by atoms with E-state index in [4.69, 9.17) is 5.73 Å². The van der Waals surface area contributed by atoms with Gasteiger partial charge in [0.05, 0.1) is 10.5 Å². The summed E-state index contributed by atoms with van der Waals surface area (Å²) in [5, 5.41) is 32.0. The largest absolute Gasteiger partial charge is 0.504 e. The Balaban J connectivity index is 2.08. The third-order valence-electron chi connectivity index (χ3n) is 3.47. The van der Waals surface area contributed by atoms with Gasteiger partial charge in [0.25, 0.3) is 5.69 Å². The number of nitrogens with one attached hydrogen (secondary N) is 1. The molecule has 0 unspecified atom stereocenters. The second kappa shape index (κ2) is 6.55. The van der Waals surface area contributed by atoms with E-state index in [9.17, 15) is 25.1 Å². The summed E-state index contributed by atoms with van der Waals surface area (Å²) in [6.45, 7) is 1.53. The highest BCUT2D eigenvalue weighted by Gasteiger charge is 2.29. The van der Waals surface area contributed by atoms with E-state index in [0.717, 1.165) is 0 Å². The lowest BCUT2D eigenvalue weighted by Crippen LogP contribution is -2.50. The second-order valence-corrected chi connectivity index (χ2v) is 5.68. The van der Waals surface area contributed by atoms with Gasteiger partial charge in [0.2, 0.25) is 5.91 Å². The topological polar surface area (TPSA) is 139 Å². The summed E-state index contributed by atoms with van der Waals surface area (Å²) in [6.07, 6.45) is 0.125. The van der Waals surface area contributed by atoms with Crippen molar-refractivity contribution in [2.75, 3.05) is 5.32 Å². The molecule has 0 heterocycles. The third-order valence-corrected chi connectivity index (χ3v) is 3.47. The predicted molar refractivity (Wildman–Crippen MR) is 87.8 cm³/mol. The van der Waals surface area contributed by atoms with Gasteiger partial charge in [-0.3, -0.25) is 14.9 Å². The first-order valence-corrected chi connectivity index (χ1v) is 7.05. The Hall–Kier alpha value is -3.13. The van der Waals surface area contributed by atoms with E-state index in [1.807, 2.05) is 0 Å². The normalized spacial score (nSPS) is 13.1. The minimum Gasteiger partial charge on any atom is -0.504 e. The highest BCUT2D eigenvalue weighted by Crippen LogP contribution is 2.26. The van der Waals surface area contributed by atoms with Crippen molar-refractivity contribution < 1.29 is 19.9 Å². The molecule has 2 aromatic rings. The van der Waals surface area contributed by atoms with Crippen LogP contribution in [0.4, 0.5) is 11.4 Å². The van der Waals surface area contributed by atoms with Gasteiger partial charge in [-0.2, -0.15) is 0 Å². The van der Waals surface area contributed by atoms with Crippen molar-refractivity contribution in [1.29, 1.82) is 0 Å². The van der Waals surface area contributed by atoms with E-state index in [2.05, 4.69) is 5.32 Å². The van der Waals surface area contributed by atoms with Gasteiger partial charge in [-0.15, -0.1) is 0 Å². The highest BCUT2D eigenvalue weighted by atomic mass is 16.6. The van der Waals surface area contributed by atoms with Crippen molar-refractivity contribution in [3.05, 3.63) is 58.1 Å². The molecule has 0 aliphatic carbocycles. The number of hydrogen-bond acceptors (Lipinski definition) is 6. The second-order valence-electron chi connectivity index (χ2n) is 5.68. The summed E-state index contributed by atoms with van der Waals surface area (Å²) in [6, 6.07) is 9.59. The molecule has 1 atom stereocenters. The molecule has 0 saturated heterocycles. The first kappa shape index (κ1) is 17.2. The molecular weight excluding hydrogens is 314 g/mol. The van der Waals surface area contributed by atoms with Gasteiger partial charge in [0.15, 0.2) is 11.5 Å². The molecule has 2 rings (SSSR count). The number of carbonyl (C=O) groups excluding carboxylic acids is 1. The average molecular weight is 331 g/mol. The Morgan fingerprint density at radius 3 is 2.38 bits per heavy atom. The van der Waals surface area contributed by atoms with Crippen LogP contribution in [0, 0.1) is 10.1 Å². The molecule has 8 nitrogen and oxygen atoms in total. The van der Waals surface area contributed by atoms with Crippen LogP contribution in [0.5, 0.6) is 11.5 Å². The van der Waals surface area contributed by atoms with Crippen molar-refractivity contribution in [1.82, 2.24) is 0 Å². The van der Waals surface area contributed by atoms with Gasteiger partial charge in [0, 0.05) is 17.8 Å². The highest BCUT2D eigenvalue weighted by molar-refractivity contribution is 5.97. The summed E-state index contributed by atoms with van der Waals surface area (Å²) >= 11 is 0. The summed E-state index contributed by atoms with van der Waals surface area (Å²) < 4.78 is 0. The number of phenols is 2.